The molecular formula is C4H5N4O. The molecule has 1 heterocycles. The Labute approximate surface area is 51.2 Å². The van der Waals surface area contributed by atoms with Crippen LogP contribution >= 0.6 is 0 Å². The summed E-state index contributed by atoms with van der Waals surface area (Å²) in [4.78, 5) is 16.0. The van der Waals surface area contributed by atoms with Crippen molar-refractivity contribution < 1.29 is 4.79 Å². The Balaban J connectivity index is 2.86. The summed E-state index contributed by atoms with van der Waals surface area (Å²) in [6, 6.07) is 0. The first-order valence-corrected chi connectivity index (χ1v) is 2.27. The number of hydrazine groups is 1. The van der Waals surface area contributed by atoms with Gasteiger partial charge in [-0.15, -0.1) is 0 Å². The maximum absolute atomic E-state index is 9.85. The van der Waals surface area contributed by atoms with Crippen LogP contribution in [0.25, 0.3) is 0 Å². The number of aromatic nitrogens is 2. The minimum Gasteiger partial charge on any atom is -0.340 e. The standard InChI is InChI=1S/C4H5N4O/c5-8-3-1-6-4(2-9)7-3/h1,8H,5H2,(H,6,7). The van der Waals surface area contributed by atoms with Crippen molar-refractivity contribution in [3.8, 4) is 0 Å². The Bertz CT molecular complexity index is 206. The number of anilines is 1. The second-order valence-electron chi connectivity index (χ2n) is 1.38. The first-order valence-electron chi connectivity index (χ1n) is 2.27. The molecule has 0 amide bonds. The van der Waals surface area contributed by atoms with Crippen LogP contribution in [0.4, 0.5) is 5.82 Å². The third kappa shape index (κ3) is 1.06. The Morgan fingerprint density at radius 1 is 1.89 bits per heavy atom. The van der Waals surface area contributed by atoms with E-state index in [1.54, 1.807) is 6.29 Å². The van der Waals surface area contributed by atoms with Crippen molar-refractivity contribution in [2.24, 2.45) is 5.84 Å². The van der Waals surface area contributed by atoms with E-state index in [4.69, 9.17) is 5.84 Å². The fraction of sp³-hybridized carbons (Fsp3) is 0. The van der Waals surface area contributed by atoms with Gasteiger partial charge in [0.2, 0.25) is 0 Å². The maximum atomic E-state index is 9.85. The van der Waals surface area contributed by atoms with Crippen LogP contribution in [-0.4, -0.2) is 16.3 Å². The highest BCUT2D eigenvalue weighted by Gasteiger charge is 1.95. The van der Waals surface area contributed by atoms with Gasteiger partial charge < -0.3 is 10.4 Å². The van der Waals surface area contributed by atoms with Crippen LogP contribution in [0.3, 0.4) is 0 Å². The topological polar surface area (TPSA) is 83.8 Å². The van der Waals surface area contributed by atoms with Crippen LogP contribution in [0.5, 0.6) is 0 Å². The molecule has 0 saturated heterocycles. The molecule has 0 bridgehead atoms. The quantitative estimate of drug-likeness (QED) is 0.355. The molecule has 0 aliphatic carbocycles. The molecule has 0 spiro atoms. The average molecular weight is 125 g/mol. The predicted molar refractivity (Wildman–Crippen MR) is 31.2 cm³/mol. The van der Waals surface area contributed by atoms with Crippen LogP contribution in [-0.2, 0) is 4.79 Å². The molecule has 1 aromatic heterocycles. The highest BCUT2D eigenvalue weighted by atomic mass is 16.1. The number of nitrogens with two attached hydrogens (primary N) is 1. The minimum atomic E-state index is 0.142. The van der Waals surface area contributed by atoms with Crippen LogP contribution in [0.1, 0.15) is 5.82 Å². The van der Waals surface area contributed by atoms with Gasteiger partial charge in [-0.05, 0) is 0 Å². The van der Waals surface area contributed by atoms with Gasteiger partial charge in [0.15, 0.2) is 11.6 Å². The van der Waals surface area contributed by atoms with E-state index >= 15 is 0 Å². The smallest absolute Gasteiger partial charge is 0.272 e. The van der Waals surface area contributed by atoms with Gasteiger partial charge in [-0.3, -0.25) is 4.79 Å². The molecule has 47 valence electrons. The van der Waals surface area contributed by atoms with E-state index in [1.165, 1.54) is 6.20 Å². The van der Waals surface area contributed by atoms with E-state index in [0.717, 1.165) is 0 Å². The molecule has 0 saturated carbocycles. The summed E-state index contributed by atoms with van der Waals surface area (Å²) < 4.78 is 0. The molecule has 1 aromatic rings. The fourth-order valence-corrected chi connectivity index (χ4v) is 0.448. The highest BCUT2D eigenvalue weighted by molar-refractivity contribution is 5.70. The Hall–Kier alpha value is -1.36. The number of nitrogens with zero attached hydrogens (tertiary/aromatic N) is 1. The van der Waals surface area contributed by atoms with Crippen molar-refractivity contribution in [3.63, 3.8) is 0 Å². The van der Waals surface area contributed by atoms with Gasteiger partial charge in [-0.2, -0.15) is 0 Å². The lowest BCUT2D eigenvalue weighted by Gasteiger charge is -1.85. The van der Waals surface area contributed by atoms with Gasteiger partial charge in [-0.25, -0.2) is 10.8 Å². The molecule has 0 fully saturated rings. The average Bonchev–Trinajstić information content (AvgIpc) is 2.34. The van der Waals surface area contributed by atoms with Gasteiger partial charge in [-0.1, -0.05) is 0 Å². The van der Waals surface area contributed by atoms with Gasteiger partial charge in [0.05, 0.1) is 0 Å². The molecule has 1 radical (unpaired) electrons. The SMILES string of the molecule is NNc1c[nH]c([C]=O)n1. The summed E-state index contributed by atoms with van der Waals surface area (Å²) >= 11 is 0. The van der Waals surface area contributed by atoms with Crippen LogP contribution in [0.2, 0.25) is 0 Å². The van der Waals surface area contributed by atoms with E-state index in [-0.39, 0.29) is 5.82 Å². The third-order valence-corrected chi connectivity index (χ3v) is 0.822. The Morgan fingerprint density at radius 2 is 2.67 bits per heavy atom. The summed E-state index contributed by atoms with van der Waals surface area (Å²) in [7, 11) is 0. The fourth-order valence-electron chi connectivity index (χ4n) is 0.448. The molecule has 1 rings (SSSR count). The summed E-state index contributed by atoms with van der Waals surface area (Å²) in [5.41, 5.74) is 2.26. The molecule has 0 unspecified atom stereocenters. The molecule has 5 nitrogen and oxygen atoms in total. The molecule has 0 aliphatic rings. The van der Waals surface area contributed by atoms with E-state index in [1.807, 2.05) is 0 Å². The van der Waals surface area contributed by atoms with Gasteiger partial charge in [0.25, 0.3) is 6.29 Å². The van der Waals surface area contributed by atoms with Crippen molar-refractivity contribution in [2.75, 3.05) is 5.43 Å². The Kier molecular flexibility index (Phi) is 1.46. The number of hydrogen-bond donors (Lipinski definition) is 3. The summed E-state index contributed by atoms with van der Waals surface area (Å²) in [6.45, 7) is 0. The number of imidazole rings is 1. The summed E-state index contributed by atoms with van der Waals surface area (Å²) in [5.74, 6) is 5.52. The number of aromatic amines is 1. The normalized spacial score (nSPS) is 9.00. The number of H-pyrrole nitrogens is 1. The molecule has 4 N–H and O–H groups in total. The number of nitrogen functional groups attached to an aromatic ring is 1. The first-order chi connectivity index (χ1) is 4.36. The largest absolute Gasteiger partial charge is 0.340 e. The second kappa shape index (κ2) is 2.27. The van der Waals surface area contributed by atoms with E-state index < -0.39 is 0 Å². The van der Waals surface area contributed by atoms with Crippen molar-refractivity contribution in [1.29, 1.82) is 0 Å². The number of rotatable bonds is 2. The monoisotopic (exact) mass is 125 g/mol. The lowest BCUT2D eigenvalue weighted by atomic mass is 10.7. The van der Waals surface area contributed by atoms with Gasteiger partial charge in [0, 0.05) is 6.20 Å². The van der Waals surface area contributed by atoms with Crippen molar-refractivity contribution in [1.82, 2.24) is 9.97 Å². The number of carbonyl (C=O) groups excluding carboxylic acids is 1. The van der Waals surface area contributed by atoms with Crippen molar-refractivity contribution in [2.45, 2.75) is 0 Å². The van der Waals surface area contributed by atoms with Crippen molar-refractivity contribution in [3.05, 3.63) is 12.0 Å². The van der Waals surface area contributed by atoms with Crippen LogP contribution in [0, 0.1) is 0 Å². The van der Waals surface area contributed by atoms with Crippen LogP contribution in [0.15, 0.2) is 6.20 Å². The molecule has 0 aromatic carbocycles. The number of hydrogen-bond acceptors (Lipinski definition) is 4. The van der Waals surface area contributed by atoms with Gasteiger partial charge >= 0.3 is 0 Å². The van der Waals surface area contributed by atoms with E-state index in [2.05, 4.69) is 15.4 Å². The highest BCUT2D eigenvalue weighted by Crippen LogP contribution is 1.96. The lowest BCUT2D eigenvalue weighted by molar-refractivity contribution is 0.560. The lowest BCUT2D eigenvalue weighted by Crippen LogP contribution is -2.06. The van der Waals surface area contributed by atoms with Crippen LogP contribution < -0.4 is 11.3 Å². The third-order valence-electron chi connectivity index (χ3n) is 0.822. The molecule has 5 heteroatoms. The molecule has 9 heavy (non-hydrogen) atoms. The zero-order chi connectivity index (χ0) is 6.69. The second-order valence-corrected chi connectivity index (χ2v) is 1.38. The predicted octanol–water partition coefficient (Wildman–Crippen LogP) is -0.847. The molecule has 0 atom stereocenters. The summed E-state index contributed by atoms with van der Waals surface area (Å²) in [5, 5.41) is 0. The number of nitrogens with one attached hydrogen (secondary N) is 2. The minimum absolute atomic E-state index is 0.142. The zero-order valence-corrected chi connectivity index (χ0v) is 4.51. The van der Waals surface area contributed by atoms with Gasteiger partial charge in [0.1, 0.15) is 0 Å². The summed E-state index contributed by atoms with van der Waals surface area (Å²) in [6.07, 6.45) is 3.04. The van der Waals surface area contributed by atoms with E-state index in [0.29, 0.717) is 5.82 Å². The molecule has 0 aliphatic heterocycles. The Morgan fingerprint density at radius 3 is 3.00 bits per heavy atom. The maximum Gasteiger partial charge on any atom is 0.272 e. The van der Waals surface area contributed by atoms with E-state index in [9.17, 15) is 4.79 Å². The van der Waals surface area contributed by atoms with Crippen molar-refractivity contribution >= 4 is 12.1 Å². The molecular weight excluding hydrogens is 120 g/mol. The first kappa shape index (κ1) is 5.77. The zero-order valence-electron chi connectivity index (χ0n) is 4.51.